The number of hydrogen-bond acceptors (Lipinski definition) is 4. The minimum absolute atomic E-state index is 0.155. The van der Waals surface area contributed by atoms with Gasteiger partial charge in [-0.05, 0) is 58.3 Å². The van der Waals surface area contributed by atoms with Crippen LogP contribution in [0.1, 0.15) is 11.1 Å². The van der Waals surface area contributed by atoms with E-state index in [0.717, 1.165) is 22.6 Å². The summed E-state index contributed by atoms with van der Waals surface area (Å²) in [6.07, 6.45) is 1.61. The number of fused-ring (bicyclic) bond motifs is 1. The third-order valence-electron chi connectivity index (χ3n) is 4.78. The van der Waals surface area contributed by atoms with E-state index in [1.807, 2.05) is 72.8 Å². The van der Waals surface area contributed by atoms with Crippen molar-refractivity contribution in [2.24, 2.45) is 5.10 Å². The molecule has 5 heteroatoms. The Bertz CT molecular complexity index is 1170. The normalized spacial score (nSPS) is 10.8. The molecule has 0 unspecified atom stereocenters. The van der Waals surface area contributed by atoms with E-state index in [1.54, 1.807) is 6.21 Å². The summed E-state index contributed by atoms with van der Waals surface area (Å²) < 4.78 is 5.95. The molecule has 154 valence electrons. The van der Waals surface area contributed by atoms with Crippen molar-refractivity contribution in [1.82, 2.24) is 5.43 Å². The molecule has 31 heavy (non-hydrogen) atoms. The maximum atomic E-state index is 11.9. The van der Waals surface area contributed by atoms with Crippen LogP contribution in [0.3, 0.4) is 0 Å². The highest BCUT2D eigenvalue weighted by atomic mass is 16.5. The van der Waals surface area contributed by atoms with E-state index in [-0.39, 0.29) is 12.5 Å². The minimum Gasteiger partial charge on any atom is -0.489 e. The smallest absolute Gasteiger partial charge is 0.259 e. The maximum absolute atomic E-state index is 11.9. The SMILES string of the molecule is O=C(CNc1ccccc1)N/N=C\c1ccc(OCc2cccc3ccccc23)cc1. The monoisotopic (exact) mass is 409 g/mol. The average molecular weight is 409 g/mol. The Balaban J connectivity index is 1.26. The molecule has 4 aromatic carbocycles. The van der Waals surface area contributed by atoms with Crippen LogP contribution in [-0.2, 0) is 11.4 Å². The van der Waals surface area contributed by atoms with Gasteiger partial charge in [-0.25, -0.2) is 5.43 Å². The average Bonchev–Trinajstić information content (AvgIpc) is 2.83. The first-order chi connectivity index (χ1) is 15.3. The van der Waals surface area contributed by atoms with E-state index in [1.165, 1.54) is 10.8 Å². The van der Waals surface area contributed by atoms with Crippen molar-refractivity contribution in [1.29, 1.82) is 0 Å². The molecule has 0 saturated carbocycles. The first-order valence-electron chi connectivity index (χ1n) is 10.1. The standard InChI is InChI=1S/C26H23N3O2/c30-26(18-27-23-10-2-1-3-11-23)29-28-17-20-13-15-24(16-14-20)31-19-22-9-6-8-21-7-4-5-12-25(21)22/h1-17,27H,18-19H2,(H,29,30)/b28-17-. The molecule has 0 aliphatic carbocycles. The molecule has 0 atom stereocenters. The molecule has 0 bridgehead atoms. The molecular formula is C26H23N3O2. The molecule has 1 amide bonds. The molecular weight excluding hydrogens is 386 g/mol. The van der Waals surface area contributed by atoms with Crippen LogP contribution in [0.2, 0.25) is 0 Å². The highest BCUT2D eigenvalue weighted by Gasteiger charge is 2.02. The van der Waals surface area contributed by atoms with Gasteiger partial charge in [0.2, 0.25) is 0 Å². The molecule has 0 aliphatic heterocycles. The minimum atomic E-state index is -0.213. The number of carbonyl (C=O) groups excluding carboxylic acids is 1. The van der Waals surface area contributed by atoms with Gasteiger partial charge >= 0.3 is 0 Å². The highest BCUT2D eigenvalue weighted by Crippen LogP contribution is 2.20. The zero-order chi connectivity index (χ0) is 21.3. The van der Waals surface area contributed by atoms with Gasteiger partial charge in [0.05, 0.1) is 12.8 Å². The van der Waals surface area contributed by atoms with Crippen LogP contribution in [0.15, 0.2) is 102 Å². The molecule has 4 aromatic rings. The Labute approximate surface area is 181 Å². The second kappa shape index (κ2) is 10.1. The van der Waals surface area contributed by atoms with Crippen molar-refractivity contribution in [2.75, 3.05) is 11.9 Å². The molecule has 0 aliphatic rings. The lowest BCUT2D eigenvalue weighted by molar-refractivity contribution is -0.119. The quantitative estimate of drug-likeness (QED) is 0.319. The Morgan fingerprint density at radius 2 is 1.58 bits per heavy atom. The summed E-state index contributed by atoms with van der Waals surface area (Å²) in [6, 6.07) is 31.7. The van der Waals surface area contributed by atoms with E-state index in [9.17, 15) is 4.79 Å². The van der Waals surface area contributed by atoms with Crippen LogP contribution in [0.4, 0.5) is 5.69 Å². The summed E-state index contributed by atoms with van der Waals surface area (Å²) in [5, 5.41) is 9.45. The summed E-state index contributed by atoms with van der Waals surface area (Å²) in [5.41, 5.74) is 5.42. The lowest BCUT2D eigenvalue weighted by atomic mass is 10.1. The predicted octanol–water partition coefficient (Wildman–Crippen LogP) is 4.98. The largest absolute Gasteiger partial charge is 0.489 e. The summed E-state index contributed by atoms with van der Waals surface area (Å²) >= 11 is 0. The van der Waals surface area contributed by atoms with Gasteiger partial charge in [-0.3, -0.25) is 4.79 Å². The van der Waals surface area contributed by atoms with Crippen LogP contribution in [0.25, 0.3) is 10.8 Å². The van der Waals surface area contributed by atoms with Gasteiger partial charge in [-0.15, -0.1) is 0 Å². The van der Waals surface area contributed by atoms with Gasteiger partial charge in [0.25, 0.3) is 5.91 Å². The lowest BCUT2D eigenvalue weighted by Crippen LogP contribution is -2.25. The lowest BCUT2D eigenvalue weighted by Gasteiger charge is -2.09. The number of hydrazone groups is 1. The number of ether oxygens (including phenoxy) is 1. The summed E-state index contributed by atoms with van der Waals surface area (Å²) in [6.45, 7) is 0.654. The Morgan fingerprint density at radius 1 is 0.839 bits per heavy atom. The number of nitrogens with zero attached hydrogens (tertiary/aromatic N) is 1. The Kier molecular flexibility index (Phi) is 6.55. The van der Waals surface area contributed by atoms with Crippen molar-refractivity contribution >= 4 is 28.6 Å². The van der Waals surface area contributed by atoms with Gasteiger partial charge < -0.3 is 10.1 Å². The number of rotatable bonds is 8. The van der Waals surface area contributed by atoms with Crippen LogP contribution in [0, 0.1) is 0 Å². The van der Waals surface area contributed by atoms with Crippen LogP contribution in [0.5, 0.6) is 5.75 Å². The maximum Gasteiger partial charge on any atom is 0.259 e. The zero-order valence-electron chi connectivity index (χ0n) is 17.0. The second-order valence-corrected chi connectivity index (χ2v) is 7.01. The molecule has 0 saturated heterocycles. The molecule has 2 N–H and O–H groups in total. The van der Waals surface area contributed by atoms with Crippen LogP contribution < -0.4 is 15.5 Å². The van der Waals surface area contributed by atoms with Crippen LogP contribution >= 0.6 is 0 Å². The molecule has 0 spiro atoms. The van der Waals surface area contributed by atoms with Gasteiger partial charge in [0.1, 0.15) is 12.4 Å². The molecule has 0 radical (unpaired) electrons. The van der Waals surface area contributed by atoms with Crippen molar-refractivity contribution in [2.45, 2.75) is 6.61 Å². The summed E-state index contributed by atoms with van der Waals surface area (Å²) in [7, 11) is 0. The molecule has 5 nitrogen and oxygen atoms in total. The van der Waals surface area contributed by atoms with Gasteiger partial charge in [0, 0.05) is 5.69 Å². The highest BCUT2D eigenvalue weighted by molar-refractivity contribution is 5.86. The second-order valence-electron chi connectivity index (χ2n) is 7.01. The van der Waals surface area contributed by atoms with Gasteiger partial charge in [-0.1, -0.05) is 60.7 Å². The van der Waals surface area contributed by atoms with Crippen molar-refractivity contribution in [3.63, 3.8) is 0 Å². The van der Waals surface area contributed by atoms with E-state index in [0.29, 0.717) is 6.61 Å². The summed E-state index contributed by atoms with van der Waals surface area (Å²) in [4.78, 5) is 11.9. The number of hydrogen-bond donors (Lipinski definition) is 2. The van der Waals surface area contributed by atoms with E-state index in [2.05, 4.69) is 40.1 Å². The fraction of sp³-hybridized carbons (Fsp3) is 0.0769. The van der Waals surface area contributed by atoms with E-state index < -0.39 is 0 Å². The molecule has 0 fully saturated rings. The fourth-order valence-corrected chi connectivity index (χ4v) is 3.19. The van der Waals surface area contributed by atoms with Crippen molar-refractivity contribution < 1.29 is 9.53 Å². The fourth-order valence-electron chi connectivity index (χ4n) is 3.19. The predicted molar refractivity (Wildman–Crippen MR) is 125 cm³/mol. The van der Waals surface area contributed by atoms with Crippen molar-refractivity contribution in [3.05, 3.63) is 108 Å². The van der Waals surface area contributed by atoms with Gasteiger partial charge in [-0.2, -0.15) is 5.10 Å². The number of nitrogens with one attached hydrogen (secondary N) is 2. The van der Waals surface area contributed by atoms with Crippen molar-refractivity contribution in [3.8, 4) is 5.75 Å². The third-order valence-corrected chi connectivity index (χ3v) is 4.78. The number of benzene rings is 4. The molecule has 4 rings (SSSR count). The Hall–Kier alpha value is -4.12. The topological polar surface area (TPSA) is 62.7 Å². The number of para-hydroxylation sites is 1. The number of carbonyl (C=O) groups is 1. The van der Waals surface area contributed by atoms with Crippen LogP contribution in [-0.4, -0.2) is 18.7 Å². The summed E-state index contributed by atoms with van der Waals surface area (Å²) in [5.74, 6) is 0.566. The molecule has 0 aromatic heterocycles. The zero-order valence-corrected chi connectivity index (χ0v) is 17.0. The third kappa shape index (κ3) is 5.70. The first kappa shape index (κ1) is 20.2. The molecule has 0 heterocycles. The number of amides is 1. The number of anilines is 1. The van der Waals surface area contributed by atoms with Gasteiger partial charge in [0.15, 0.2) is 0 Å². The van der Waals surface area contributed by atoms with E-state index >= 15 is 0 Å². The first-order valence-corrected chi connectivity index (χ1v) is 10.1. The van der Waals surface area contributed by atoms with E-state index in [4.69, 9.17) is 4.74 Å². The Morgan fingerprint density at radius 3 is 2.42 bits per heavy atom.